The summed E-state index contributed by atoms with van der Waals surface area (Å²) in [4.78, 5) is 18.9. The minimum absolute atomic E-state index is 0.136. The molecule has 2 aromatic heterocycles. The molecule has 0 N–H and O–H groups in total. The van der Waals surface area contributed by atoms with Crippen LogP contribution in [0.1, 0.15) is 12.8 Å². The number of piperidine rings is 1. The van der Waals surface area contributed by atoms with Crippen molar-refractivity contribution in [1.29, 1.82) is 0 Å². The van der Waals surface area contributed by atoms with Gasteiger partial charge in [-0.05, 0) is 25.0 Å². The third-order valence-electron chi connectivity index (χ3n) is 4.18. The highest BCUT2D eigenvalue weighted by Gasteiger charge is 2.23. The maximum Gasteiger partial charge on any atom is 0.275 e. The summed E-state index contributed by atoms with van der Waals surface area (Å²) in [6, 6.07) is 11.3. The molecule has 1 atom stereocenters. The van der Waals surface area contributed by atoms with Gasteiger partial charge in [0.1, 0.15) is 5.75 Å². The van der Waals surface area contributed by atoms with E-state index >= 15 is 0 Å². The lowest BCUT2D eigenvalue weighted by molar-refractivity contribution is 0.228. The van der Waals surface area contributed by atoms with Gasteiger partial charge in [0.05, 0.1) is 6.61 Å². The van der Waals surface area contributed by atoms with Crippen LogP contribution in [0, 0.1) is 5.92 Å². The van der Waals surface area contributed by atoms with Gasteiger partial charge < -0.3 is 9.64 Å². The minimum Gasteiger partial charge on any atom is -0.493 e. The monoisotopic (exact) mass is 342 g/mol. The van der Waals surface area contributed by atoms with Crippen LogP contribution in [0.15, 0.2) is 47.4 Å². The molecule has 1 unspecified atom stereocenters. The van der Waals surface area contributed by atoms with Crippen molar-refractivity contribution >= 4 is 21.4 Å². The Morgan fingerprint density at radius 2 is 2.12 bits per heavy atom. The quantitative estimate of drug-likeness (QED) is 0.729. The van der Waals surface area contributed by atoms with Crippen LogP contribution in [0.5, 0.6) is 5.75 Å². The van der Waals surface area contributed by atoms with Crippen LogP contribution >= 0.6 is 11.3 Å². The summed E-state index contributed by atoms with van der Waals surface area (Å²) in [5.74, 6) is 1.36. The third kappa shape index (κ3) is 3.12. The molecule has 0 saturated carbocycles. The van der Waals surface area contributed by atoms with Crippen LogP contribution in [-0.2, 0) is 0 Å². The van der Waals surface area contributed by atoms with Gasteiger partial charge in [0, 0.05) is 31.3 Å². The second-order valence-corrected chi connectivity index (χ2v) is 6.87. The molecule has 1 aliphatic rings. The minimum atomic E-state index is -0.136. The van der Waals surface area contributed by atoms with Gasteiger partial charge in [0.2, 0.25) is 10.1 Å². The first-order valence-corrected chi connectivity index (χ1v) is 8.89. The Hall–Kier alpha value is -2.41. The number of aromatic nitrogens is 3. The maximum absolute atomic E-state index is 11.8. The summed E-state index contributed by atoms with van der Waals surface area (Å²) in [6.45, 7) is 2.54. The predicted octanol–water partition coefficient (Wildman–Crippen LogP) is 2.45. The SMILES string of the molecule is O=c1ccnc2sc(N3CCCC(COc4ccccc4)C3)nn12. The molecular weight excluding hydrogens is 324 g/mol. The van der Waals surface area contributed by atoms with Crippen LogP contribution in [0.25, 0.3) is 4.96 Å². The Labute approximate surface area is 143 Å². The Kier molecular flexibility index (Phi) is 4.17. The number of para-hydroxylation sites is 1. The van der Waals surface area contributed by atoms with Gasteiger partial charge in [0.15, 0.2) is 0 Å². The molecule has 124 valence electrons. The number of hydrogen-bond acceptors (Lipinski definition) is 6. The molecule has 1 saturated heterocycles. The zero-order valence-corrected chi connectivity index (χ0v) is 14.0. The van der Waals surface area contributed by atoms with E-state index in [1.165, 1.54) is 28.1 Å². The van der Waals surface area contributed by atoms with E-state index in [1.807, 2.05) is 30.3 Å². The molecule has 1 aliphatic heterocycles. The molecule has 24 heavy (non-hydrogen) atoms. The molecular formula is C17H18N4O2S. The van der Waals surface area contributed by atoms with E-state index in [2.05, 4.69) is 15.0 Å². The van der Waals surface area contributed by atoms with Gasteiger partial charge in [-0.3, -0.25) is 4.79 Å². The number of benzene rings is 1. The van der Waals surface area contributed by atoms with Crippen molar-refractivity contribution in [2.24, 2.45) is 5.92 Å². The van der Waals surface area contributed by atoms with E-state index in [0.717, 1.165) is 36.8 Å². The topological polar surface area (TPSA) is 59.7 Å². The zero-order chi connectivity index (χ0) is 16.4. The number of nitrogens with zero attached hydrogens (tertiary/aromatic N) is 4. The van der Waals surface area contributed by atoms with E-state index in [4.69, 9.17) is 4.74 Å². The number of rotatable bonds is 4. The average molecular weight is 342 g/mol. The second-order valence-electron chi connectivity index (χ2n) is 5.94. The van der Waals surface area contributed by atoms with Gasteiger partial charge >= 0.3 is 0 Å². The summed E-state index contributed by atoms with van der Waals surface area (Å²) in [6.07, 6.45) is 3.78. The first kappa shape index (κ1) is 15.1. The highest BCUT2D eigenvalue weighted by atomic mass is 32.1. The van der Waals surface area contributed by atoms with Crippen LogP contribution in [0.2, 0.25) is 0 Å². The van der Waals surface area contributed by atoms with Gasteiger partial charge in [-0.1, -0.05) is 29.5 Å². The molecule has 4 rings (SSSR count). The molecule has 6 nitrogen and oxygen atoms in total. The largest absolute Gasteiger partial charge is 0.493 e. The van der Waals surface area contributed by atoms with E-state index in [-0.39, 0.29) is 5.56 Å². The smallest absolute Gasteiger partial charge is 0.275 e. The van der Waals surface area contributed by atoms with Gasteiger partial charge in [-0.15, -0.1) is 5.10 Å². The molecule has 3 heterocycles. The lowest BCUT2D eigenvalue weighted by Gasteiger charge is -2.32. The number of anilines is 1. The lowest BCUT2D eigenvalue weighted by Crippen LogP contribution is -2.37. The molecule has 3 aromatic rings. The van der Waals surface area contributed by atoms with E-state index < -0.39 is 0 Å². The fourth-order valence-corrected chi connectivity index (χ4v) is 3.88. The first-order chi connectivity index (χ1) is 11.8. The Morgan fingerprint density at radius 1 is 1.25 bits per heavy atom. The number of fused-ring (bicyclic) bond motifs is 1. The summed E-state index contributed by atoms with van der Waals surface area (Å²) in [5.41, 5.74) is -0.136. The van der Waals surface area contributed by atoms with Crippen LogP contribution < -0.4 is 15.2 Å². The van der Waals surface area contributed by atoms with Crippen molar-refractivity contribution in [2.45, 2.75) is 12.8 Å². The van der Waals surface area contributed by atoms with Crippen molar-refractivity contribution in [3.8, 4) is 5.75 Å². The summed E-state index contributed by atoms with van der Waals surface area (Å²) in [5, 5.41) is 5.29. The highest BCUT2D eigenvalue weighted by Crippen LogP contribution is 2.27. The number of hydrogen-bond donors (Lipinski definition) is 0. The molecule has 7 heteroatoms. The fraction of sp³-hybridized carbons (Fsp3) is 0.353. The van der Waals surface area contributed by atoms with Crippen LogP contribution in [0.4, 0.5) is 5.13 Å². The average Bonchev–Trinajstić information content (AvgIpc) is 3.07. The molecule has 1 aromatic carbocycles. The molecule has 0 radical (unpaired) electrons. The zero-order valence-electron chi connectivity index (χ0n) is 13.2. The fourth-order valence-electron chi connectivity index (χ4n) is 2.97. The number of ether oxygens (including phenoxy) is 1. The molecule has 0 bridgehead atoms. The van der Waals surface area contributed by atoms with Gasteiger partial charge in [0.25, 0.3) is 5.56 Å². The maximum atomic E-state index is 11.8. The third-order valence-corrected chi connectivity index (χ3v) is 5.16. The Bertz CT molecular complexity index is 877. The summed E-state index contributed by atoms with van der Waals surface area (Å²) in [7, 11) is 0. The first-order valence-electron chi connectivity index (χ1n) is 8.07. The van der Waals surface area contributed by atoms with Gasteiger partial charge in [-0.2, -0.15) is 4.52 Å². The van der Waals surface area contributed by atoms with Crippen molar-refractivity contribution in [2.75, 3.05) is 24.6 Å². The summed E-state index contributed by atoms with van der Waals surface area (Å²) >= 11 is 1.46. The molecule has 0 spiro atoms. The molecule has 0 aliphatic carbocycles. The van der Waals surface area contributed by atoms with Crippen molar-refractivity contribution in [1.82, 2.24) is 14.6 Å². The second kappa shape index (κ2) is 6.60. The standard InChI is InChI=1S/C17H18N4O2S/c22-15-8-9-18-16-21(15)19-17(24-16)20-10-4-5-13(11-20)12-23-14-6-2-1-3-7-14/h1-3,6-9,13H,4-5,10-12H2. The predicted molar refractivity (Wildman–Crippen MR) is 94.0 cm³/mol. The summed E-state index contributed by atoms with van der Waals surface area (Å²) < 4.78 is 7.28. The van der Waals surface area contributed by atoms with Crippen LogP contribution in [0.3, 0.4) is 0 Å². The normalized spacial score (nSPS) is 18.0. The van der Waals surface area contributed by atoms with Gasteiger partial charge in [-0.25, -0.2) is 4.98 Å². The molecule has 0 amide bonds. The molecule has 1 fully saturated rings. The van der Waals surface area contributed by atoms with Crippen molar-refractivity contribution in [3.05, 3.63) is 52.9 Å². The van der Waals surface area contributed by atoms with E-state index in [0.29, 0.717) is 17.5 Å². The highest BCUT2D eigenvalue weighted by molar-refractivity contribution is 7.20. The van der Waals surface area contributed by atoms with Crippen molar-refractivity contribution in [3.63, 3.8) is 0 Å². The lowest BCUT2D eigenvalue weighted by atomic mass is 9.99. The van der Waals surface area contributed by atoms with E-state index in [1.54, 1.807) is 0 Å². The van der Waals surface area contributed by atoms with E-state index in [9.17, 15) is 4.79 Å². The Balaban J connectivity index is 1.45. The Morgan fingerprint density at radius 3 is 2.96 bits per heavy atom. The van der Waals surface area contributed by atoms with Crippen molar-refractivity contribution < 1.29 is 4.74 Å². The van der Waals surface area contributed by atoms with Crippen LogP contribution in [-0.4, -0.2) is 34.3 Å².